The Morgan fingerprint density at radius 1 is 1.12 bits per heavy atom. The van der Waals surface area contributed by atoms with Gasteiger partial charge < -0.3 is 13.7 Å². The second kappa shape index (κ2) is 9.35. The van der Waals surface area contributed by atoms with Crippen molar-refractivity contribution in [2.24, 2.45) is 0 Å². The number of fused-ring (bicyclic) bond motifs is 1. The van der Waals surface area contributed by atoms with Gasteiger partial charge in [-0.1, -0.05) is 12.8 Å². The van der Waals surface area contributed by atoms with Crippen molar-refractivity contribution in [2.45, 2.75) is 70.7 Å². The van der Waals surface area contributed by atoms with E-state index in [-0.39, 0.29) is 28.2 Å². The Morgan fingerprint density at radius 2 is 1.82 bits per heavy atom. The fraction of sp³-hybridized carbons (Fsp3) is 0.480. The van der Waals surface area contributed by atoms with Gasteiger partial charge in [-0.3, -0.25) is 4.79 Å². The van der Waals surface area contributed by atoms with Crippen molar-refractivity contribution >= 4 is 26.9 Å². The molecule has 1 N–H and O–H groups in total. The minimum absolute atomic E-state index is 0.0989. The van der Waals surface area contributed by atoms with Gasteiger partial charge in [-0.25, -0.2) is 13.1 Å². The fourth-order valence-electron chi connectivity index (χ4n) is 4.58. The van der Waals surface area contributed by atoms with Crippen LogP contribution in [0.15, 0.2) is 38.2 Å². The molecule has 1 amide bonds. The summed E-state index contributed by atoms with van der Waals surface area (Å²) >= 11 is 0. The molecule has 0 aliphatic carbocycles. The van der Waals surface area contributed by atoms with Gasteiger partial charge in [-0.2, -0.15) is 0 Å². The largest absolute Gasteiger partial charge is 0.469 e. The number of amides is 1. The number of nitrogens with zero attached hydrogens (tertiary/aromatic N) is 1. The molecule has 1 atom stereocenters. The number of aryl methyl sites for hydroxylation is 2. The predicted octanol–water partition coefficient (Wildman–Crippen LogP) is 4.88. The SMILES string of the molecule is Cc1cc2c(C)c(C(=O)N3CCCCCC3)oc2c(S(=O)(=O)N[C@@H](C)Cc2ccco2)c1C. The molecule has 7 nitrogen and oxygen atoms in total. The Kier molecular flexibility index (Phi) is 6.68. The van der Waals surface area contributed by atoms with Gasteiger partial charge in [0.15, 0.2) is 11.3 Å². The Labute approximate surface area is 195 Å². The van der Waals surface area contributed by atoms with E-state index in [1.807, 2.05) is 30.9 Å². The first kappa shape index (κ1) is 23.6. The summed E-state index contributed by atoms with van der Waals surface area (Å²) in [4.78, 5) is 15.2. The molecule has 0 unspecified atom stereocenters. The highest BCUT2D eigenvalue weighted by Gasteiger charge is 2.30. The molecule has 3 heterocycles. The summed E-state index contributed by atoms with van der Waals surface area (Å²) in [7, 11) is -3.91. The number of sulfonamides is 1. The van der Waals surface area contributed by atoms with Gasteiger partial charge in [-0.15, -0.1) is 0 Å². The zero-order chi connectivity index (χ0) is 23.8. The minimum Gasteiger partial charge on any atom is -0.469 e. The summed E-state index contributed by atoms with van der Waals surface area (Å²) in [6.07, 6.45) is 6.17. The summed E-state index contributed by atoms with van der Waals surface area (Å²) in [5, 5.41) is 0.662. The van der Waals surface area contributed by atoms with Crippen LogP contribution in [0, 0.1) is 20.8 Å². The van der Waals surface area contributed by atoms with Crippen LogP contribution in [0.25, 0.3) is 11.0 Å². The summed E-state index contributed by atoms with van der Waals surface area (Å²) in [5.41, 5.74) is 2.37. The third-order valence-electron chi connectivity index (χ3n) is 6.49. The monoisotopic (exact) mass is 472 g/mol. The highest BCUT2D eigenvalue weighted by Crippen LogP contribution is 2.35. The topological polar surface area (TPSA) is 92.8 Å². The molecule has 0 bridgehead atoms. The molecule has 2 aromatic heterocycles. The maximum atomic E-state index is 13.5. The van der Waals surface area contributed by atoms with Gasteiger partial charge in [0.25, 0.3) is 5.91 Å². The average Bonchev–Trinajstić information content (AvgIpc) is 3.26. The molecule has 178 valence electrons. The zero-order valence-corrected chi connectivity index (χ0v) is 20.5. The van der Waals surface area contributed by atoms with Crippen molar-refractivity contribution in [1.29, 1.82) is 0 Å². The smallest absolute Gasteiger partial charge is 0.289 e. The summed E-state index contributed by atoms with van der Waals surface area (Å²) in [5.74, 6) is 0.774. The van der Waals surface area contributed by atoms with E-state index in [2.05, 4.69) is 4.72 Å². The van der Waals surface area contributed by atoms with Crippen LogP contribution in [0.5, 0.6) is 0 Å². The third kappa shape index (κ3) is 4.73. The van der Waals surface area contributed by atoms with E-state index in [9.17, 15) is 13.2 Å². The molecule has 4 rings (SSSR count). The summed E-state index contributed by atoms with van der Waals surface area (Å²) in [6.45, 7) is 8.67. The normalized spacial score (nSPS) is 16.2. The molecule has 1 aromatic carbocycles. The first-order valence-electron chi connectivity index (χ1n) is 11.6. The number of hydrogen-bond donors (Lipinski definition) is 1. The lowest BCUT2D eigenvalue weighted by Crippen LogP contribution is -2.34. The Hall–Kier alpha value is -2.58. The Balaban J connectivity index is 1.74. The molecular weight excluding hydrogens is 440 g/mol. The number of rotatable bonds is 6. The summed E-state index contributed by atoms with van der Waals surface area (Å²) in [6, 6.07) is 5.12. The maximum Gasteiger partial charge on any atom is 0.289 e. The molecule has 8 heteroatoms. The van der Waals surface area contributed by atoms with Crippen LogP contribution in [0.4, 0.5) is 0 Å². The third-order valence-corrected chi connectivity index (χ3v) is 8.23. The number of carbonyl (C=O) groups excluding carboxylic acids is 1. The highest BCUT2D eigenvalue weighted by molar-refractivity contribution is 7.89. The van der Waals surface area contributed by atoms with Crippen molar-refractivity contribution in [1.82, 2.24) is 9.62 Å². The molecule has 0 radical (unpaired) electrons. The molecule has 1 fully saturated rings. The average molecular weight is 473 g/mol. The number of likely N-dealkylation sites (tertiary alicyclic amines) is 1. The number of benzene rings is 1. The van der Waals surface area contributed by atoms with E-state index < -0.39 is 10.0 Å². The molecule has 1 saturated heterocycles. The molecule has 1 aliphatic rings. The van der Waals surface area contributed by atoms with Crippen LogP contribution in [0.3, 0.4) is 0 Å². The number of nitrogens with one attached hydrogen (secondary N) is 1. The van der Waals surface area contributed by atoms with Crippen molar-refractivity contribution < 1.29 is 22.0 Å². The van der Waals surface area contributed by atoms with E-state index in [4.69, 9.17) is 8.83 Å². The zero-order valence-electron chi connectivity index (χ0n) is 19.7. The van der Waals surface area contributed by atoms with Gasteiger partial charge in [0, 0.05) is 36.5 Å². The van der Waals surface area contributed by atoms with Crippen molar-refractivity contribution in [3.8, 4) is 0 Å². The molecule has 33 heavy (non-hydrogen) atoms. The fourth-order valence-corrected chi connectivity index (χ4v) is 6.27. The van der Waals surface area contributed by atoms with Gasteiger partial charge in [0.1, 0.15) is 10.7 Å². The lowest BCUT2D eigenvalue weighted by molar-refractivity contribution is 0.0730. The molecule has 0 spiro atoms. The minimum atomic E-state index is -3.91. The van der Waals surface area contributed by atoms with Crippen molar-refractivity contribution in [3.05, 3.63) is 52.7 Å². The van der Waals surface area contributed by atoms with Gasteiger partial charge >= 0.3 is 0 Å². The number of furan rings is 2. The van der Waals surface area contributed by atoms with Crippen LogP contribution < -0.4 is 4.72 Å². The second-order valence-electron chi connectivity index (χ2n) is 9.09. The van der Waals surface area contributed by atoms with E-state index in [0.717, 1.165) is 31.2 Å². The molecule has 1 aliphatic heterocycles. The number of hydrogen-bond acceptors (Lipinski definition) is 5. The van der Waals surface area contributed by atoms with Gasteiger partial charge in [0.2, 0.25) is 10.0 Å². The first-order chi connectivity index (χ1) is 15.7. The maximum absolute atomic E-state index is 13.5. The van der Waals surface area contributed by atoms with E-state index >= 15 is 0 Å². The first-order valence-corrected chi connectivity index (χ1v) is 13.0. The molecule has 3 aromatic rings. The standard InChI is InChI=1S/C25H32N2O5S/c1-16-14-21-19(4)22(25(28)27-11-7-5-6-8-12-27)32-23(21)24(18(16)3)33(29,30)26-17(2)15-20-10-9-13-31-20/h9-10,13-14,17,26H,5-8,11-12,15H2,1-4H3/t17-/m0/s1. The lowest BCUT2D eigenvalue weighted by Gasteiger charge is -2.19. The van der Waals surface area contributed by atoms with E-state index in [0.29, 0.717) is 41.8 Å². The van der Waals surface area contributed by atoms with Gasteiger partial charge in [0.05, 0.1) is 6.26 Å². The van der Waals surface area contributed by atoms with Crippen LogP contribution in [0.1, 0.15) is 65.6 Å². The van der Waals surface area contributed by atoms with Crippen molar-refractivity contribution in [2.75, 3.05) is 13.1 Å². The van der Waals surface area contributed by atoms with Crippen LogP contribution >= 0.6 is 0 Å². The summed E-state index contributed by atoms with van der Waals surface area (Å²) < 4.78 is 41.2. The molecular formula is C25H32N2O5S. The van der Waals surface area contributed by atoms with Crippen LogP contribution in [0.2, 0.25) is 0 Å². The van der Waals surface area contributed by atoms with Crippen LogP contribution in [-0.4, -0.2) is 38.4 Å². The highest BCUT2D eigenvalue weighted by atomic mass is 32.2. The van der Waals surface area contributed by atoms with E-state index in [1.54, 1.807) is 26.2 Å². The Bertz CT molecular complexity index is 1250. The van der Waals surface area contributed by atoms with Crippen molar-refractivity contribution in [3.63, 3.8) is 0 Å². The number of carbonyl (C=O) groups is 1. The Morgan fingerprint density at radius 3 is 2.45 bits per heavy atom. The van der Waals surface area contributed by atoms with Crippen LogP contribution in [-0.2, 0) is 16.4 Å². The molecule has 0 saturated carbocycles. The second-order valence-corrected chi connectivity index (χ2v) is 10.7. The van der Waals surface area contributed by atoms with Gasteiger partial charge in [-0.05, 0) is 69.9 Å². The predicted molar refractivity (Wildman–Crippen MR) is 127 cm³/mol. The lowest BCUT2D eigenvalue weighted by atomic mass is 10.0. The van der Waals surface area contributed by atoms with E-state index in [1.165, 1.54) is 0 Å². The quantitative estimate of drug-likeness (QED) is 0.552.